The summed E-state index contributed by atoms with van der Waals surface area (Å²) in [4.78, 5) is 25.4. The Kier molecular flexibility index (Phi) is 6.81. The lowest BCUT2D eigenvalue weighted by Gasteiger charge is -2.34. The number of carbonyl (C=O) groups excluding carboxylic acids is 1. The first-order chi connectivity index (χ1) is 15.9. The Labute approximate surface area is 205 Å². The van der Waals surface area contributed by atoms with Gasteiger partial charge in [0, 0.05) is 30.7 Å². The predicted octanol–water partition coefficient (Wildman–Crippen LogP) is 4.94. The number of morpholine rings is 1. The summed E-state index contributed by atoms with van der Waals surface area (Å²) in [6.45, 7) is 19.1. The highest BCUT2D eigenvalue weighted by molar-refractivity contribution is 7.14. The number of carbonyl (C=O) groups is 1. The second kappa shape index (κ2) is 9.36. The van der Waals surface area contributed by atoms with Crippen molar-refractivity contribution in [3.8, 4) is 0 Å². The summed E-state index contributed by atoms with van der Waals surface area (Å²) in [6.07, 6.45) is 0.422. The molecule has 1 saturated heterocycles. The van der Waals surface area contributed by atoms with Crippen LogP contribution in [0.4, 0.5) is 5.13 Å². The number of amides is 1. The van der Waals surface area contributed by atoms with Crippen LogP contribution in [0, 0.1) is 6.92 Å². The number of thiazole rings is 1. The Hall–Kier alpha value is -2.36. The first-order valence-corrected chi connectivity index (χ1v) is 12.8. The molecule has 1 aliphatic rings. The first-order valence-electron chi connectivity index (χ1n) is 12.0. The smallest absolute Gasteiger partial charge is 0.258 e. The molecule has 1 fully saturated rings. The van der Waals surface area contributed by atoms with Crippen LogP contribution in [0.3, 0.4) is 0 Å². The van der Waals surface area contributed by atoms with Crippen LogP contribution in [0.5, 0.6) is 0 Å². The molecule has 0 aromatic carbocycles. The number of rotatable bonds is 5. The van der Waals surface area contributed by atoms with Crippen molar-refractivity contribution in [3.05, 3.63) is 34.1 Å². The molecular formula is C25H36N6O2S. The summed E-state index contributed by atoms with van der Waals surface area (Å²) in [5.41, 5.74) is 3.72. The number of anilines is 1. The quantitative estimate of drug-likeness (QED) is 0.552. The van der Waals surface area contributed by atoms with Gasteiger partial charge in [-0.05, 0) is 53.5 Å². The van der Waals surface area contributed by atoms with Crippen LogP contribution in [-0.2, 0) is 16.8 Å². The Morgan fingerprint density at radius 1 is 1.24 bits per heavy atom. The highest BCUT2D eigenvalue weighted by Crippen LogP contribution is 2.30. The van der Waals surface area contributed by atoms with Gasteiger partial charge in [0.05, 0.1) is 40.1 Å². The predicted molar refractivity (Wildman–Crippen MR) is 137 cm³/mol. The van der Waals surface area contributed by atoms with Crippen LogP contribution in [-0.4, -0.2) is 55.9 Å². The second-order valence-corrected chi connectivity index (χ2v) is 11.5. The first kappa shape index (κ1) is 24.8. The fraction of sp³-hybridized carbons (Fsp3) is 0.600. The van der Waals surface area contributed by atoms with E-state index in [0.29, 0.717) is 10.7 Å². The molecule has 1 N–H and O–H groups in total. The van der Waals surface area contributed by atoms with E-state index in [4.69, 9.17) is 19.8 Å². The van der Waals surface area contributed by atoms with Gasteiger partial charge in [-0.3, -0.25) is 15.0 Å². The van der Waals surface area contributed by atoms with E-state index in [-0.39, 0.29) is 29.6 Å². The average molecular weight is 485 g/mol. The minimum atomic E-state index is -0.248. The zero-order chi connectivity index (χ0) is 24.8. The monoisotopic (exact) mass is 484 g/mol. The Balaban J connectivity index is 1.61. The summed E-state index contributed by atoms with van der Waals surface area (Å²) in [7, 11) is 0. The highest BCUT2D eigenvalue weighted by Gasteiger charge is 2.26. The summed E-state index contributed by atoms with van der Waals surface area (Å²) in [5, 5.41) is 11.2. The number of pyridine rings is 1. The van der Waals surface area contributed by atoms with Crippen LogP contribution in [0.25, 0.3) is 11.0 Å². The molecule has 4 heterocycles. The van der Waals surface area contributed by atoms with Gasteiger partial charge in [0.1, 0.15) is 0 Å². The second-order valence-electron chi connectivity index (χ2n) is 10.7. The molecule has 1 amide bonds. The normalized spacial score (nSPS) is 19.8. The van der Waals surface area contributed by atoms with Gasteiger partial charge in [-0.15, -0.1) is 11.3 Å². The number of nitrogens with zero attached hydrogens (tertiary/aromatic N) is 5. The van der Waals surface area contributed by atoms with Crippen molar-refractivity contribution in [3.63, 3.8) is 0 Å². The molecule has 0 aliphatic carbocycles. The van der Waals surface area contributed by atoms with Crippen molar-refractivity contribution in [2.24, 2.45) is 0 Å². The van der Waals surface area contributed by atoms with Crippen molar-refractivity contribution in [1.82, 2.24) is 24.6 Å². The Morgan fingerprint density at radius 3 is 2.53 bits per heavy atom. The van der Waals surface area contributed by atoms with Gasteiger partial charge in [-0.1, -0.05) is 13.8 Å². The molecule has 2 atom stereocenters. The van der Waals surface area contributed by atoms with Gasteiger partial charge in [0.25, 0.3) is 5.91 Å². The fourth-order valence-electron chi connectivity index (χ4n) is 4.49. The maximum atomic E-state index is 13.5. The molecule has 2 unspecified atom stereocenters. The van der Waals surface area contributed by atoms with Crippen molar-refractivity contribution in [2.75, 3.05) is 18.4 Å². The lowest BCUT2D eigenvalue weighted by molar-refractivity contribution is -0.0707. The van der Waals surface area contributed by atoms with Gasteiger partial charge in [0.15, 0.2) is 10.8 Å². The third kappa shape index (κ3) is 5.16. The van der Waals surface area contributed by atoms with Gasteiger partial charge in [-0.2, -0.15) is 5.10 Å². The molecule has 34 heavy (non-hydrogen) atoms. The highest BCUT2D eigenvalue weighted by atomic mass is 32.1. The van der Waals surface area contributed by atoms with Crippen molar-refractivity contribution in [2.45, 2.75) is 85.6 Å². The molecule has 4 rings (SSSR count). The van der Waals surface area contributed by atoms with E-state index >= 15 is 0 Å². The number of hydrogen-bond donors (Lipinski definition) is 1. The van der Waals surface area contributed by atoms with Gasteiger partial charge in [0.2, 0.25) is 0 Å². The standard InChI is InChI=1S/C25H36N6O2S/c1-14(2)20-9-19(21-17(5)29-31(22(21)27-20)25(6,7)8)23(32)28-24-26-18(13-34-24)12-30-10-15(3)33-16(4)11-30/h9,13-16H,10-12H2,1-8H3,(H,26,28,32). The number of aryl methyl sites for hydroxylation is 1. The fourth-order valence-corrected chi connectivity index (χ4v) is 5.19. The molecule has 9 heteroatoms. The molecule has 8 nitrogen and oxygen atoms in total. The lowest BCUT2D eigenvalue weighted by Crippen LogP contribution is -2.44. The molecule has 0 radical (unpaired) electrons. The van der Waals surface area contributed by atoms with Gasteiger partial charge >= 0.3 is 0 Å². The molecule has 0 saturated carbocycles. The topological polar surface area (TPSA) is 85.2 Å². The summed E-state index contributed by atoms with van der Waals surface area (Å²) >= 11 is 1.45. The van der Waals surface area contributed by atoms with Crippen LogP contribution in [0.15, 0.2) is 11.4 Å². The molecule has 3 aromatic heterocycles. The third-order valence-electron chi connectivity index (χ3n) is 5.96. The van der Waals surface area contributed by atoms with E-state index < -0.39 is 0 Å². The van der Waals surface area contributed by atoms with Gasteiger partial charge < -0.3 is 4.74 Å². The maximum Gasteiger partial charge on any atom is 0.258 e. The maximum absolute atomic E-state index is 13.5. The number of hydrogen-bond acceptors (Lipinski definition) is 7. The Morgan fingerprint density at radius 2 is 1.91 bits per heavy atom. The van der Waals surface area contributed by atoms with Crippen LogP contribution in [0.2, 0.25) is 0 Å². The summed E-state index contributed by atoms with van der Waals surface area (Å²) in [6, 6.07) is 1.90. The van der Waals surface area contributed by atoms with Crippen molar-refractivity contribution < 1.29 is 9.53 Å². The lowest BCUT2D eigenvalue weighted by atomic mass is 10.0. The van der Waals surface area contributed by atoms with Crippen LogP contribution < -0.4 is 5.32 Å². The molecule has 1 aliphatic heterocycles. The molecule has 3 aromatic rings. The Bertz CT molecular complexity index is 1180. The molecule has 0 spiro atoms. The van der Waals surface area contributed by atoms with Crippen molar-refractivity contribution >= 4 is 33.4 Å². The van der Waals surface area contributed by atoms with E-state index in [2.05, 4.69) is 58.7 Å². The number of ether oxygens (including phenoxy) is 1. The zero-order valence-electron chi connectivity index (χ0n) is 21.5. The van der Waals surface area contributed by atoms with E-state index in [1.165, 1.54) is 11.3 Å². The van der Waals surface area contributed by atoms with E-state index in [0.717, 1.165) is 47.7 Å². The minimum Gasteiger partial charge on any atom is -0.373 e. The third-order valence-corrected chi connectivity index (χ3v) is 6.76. The number of fused-ring (bicyclic) bond motifs is 1. The molecule has 0 bridgehead atoms. The summed E-state index contributed by atoms with van der Waals surface area (Å²) in [5.74, 6) is 0.00437. The SMILES string of the molecule is Cc1nn(C(C)(C)C)c2nc(C(C)C)cc(C(=O)Nc3nc(CN4CC(C)OC(C)C4)cs3)c12. The van der Waals surface area contributed by atoms with E-state index in [9.17, 15) is 4.79 Å². The molecule has 184 valence electrons. The zero-order valence-corrected chi connectivity index (χ0v) is 22.3. The average Bonchev–Trinajstić information content (AvgIpc) is 3.30. The van der Waals surface area contributed by atoms with Gasteiger partial charge in [-0.25, -0.2) is 14.6 Å². The van der Waals surface area contributed by atoms with E-state index in [1.807, 2.05) is 23.1 Å². The summed E-state index contributed by atoms with van der Waals surface area (Å²) < 4.78 is 7.75. The van der Waals surface area contributed by atoms with Crippen LogP contribution >= 0.6 is 11.3 Å². The number of nitrogens with one attached hydrogen (secondary N) is 1. The molecular weight excluding hydrogens is 448 g/mol. The van der Waals surface area contributed by atoms with Crippen molar-refractivity contribution in [1.29, 1.82) is 0 Å². The van der Waals surface area contributed by atoms with E-state index in [1.54, 1.807) is 0 Å². The minimum absolute atomic E-state index is 0.180. The number of aromatic nitrogens is 4. The largest absolute Gasteiger partial charge is 0.373 e. The van der Waals surface area contributed by atoms with Crippen LogP contribution in [0.1, 0.15) is 81.8 Å².